The van der Waals surface area contributed by atoms with Crippen LogP contribution < -0.4 is 11.5 Å². The van der Waals surface area contributed by atoms with Crippen molar-refractivity contribution in [1.29, 1.82) is 0 Å². The number of nitrogens with two attached hydrogens (primary N) is 2. The Morgan fingerprint density at radius 1 is 1.05 bits per heavy atom. The molecule has 0 saturated heterocycles. The predicted molar refractivity (Wildman–Crippen MR) is 77.7 cm³/mol. The van der Waals surface area contributed by atoms with Crippen molar-refractivity contribution in [3.05, 3.63) is 23.5 Å². The van der Waals surface area contributed by atoms with Gasteiger partial charge >= 0.3 is 0 Å². The van der Waals surface area contributed by atoms with Crippen molar-refractivity contribution in [2.24, 2.45) is 0 Å². The third-order valence-corrected chi connectivity index (χ3v) is 3.23. The van der Waals surface area contributed by atoms with Gasteiger partial charge in [0.1, 0.15) is 23.7 Å². The van der Waals surface area contributed by atoms with E-state index in [0.717, 1.165) is 0 Å². The van der Waals surface area contributed by atoms with Crippen LogP contribution in [0.3, 0.4) is 0 Å². The maximum atomic E-state index is 5.70. The van der Waals surface area contributed by atoms with Gasteiger partial charge in [-0.05, 0) is 0 Å². The van der Waals surface area contributed by atoms with Crippen molar-refractivity contribution >= 4 is 46.4 Å². The fraction of sp³-hybridized carbons (Fsp3) is 0. The molecule has 0 spiro atoms. The van der Waals surface area contributed by atoms with Crippen molar-refractivity contribution < 1.29 is 0 Å². The third-order valence-electron chi connectivity index (χ3n) is 2.94. The van der Waals surface area contributed by atoms with Gasteiger partial charge < -0.3 is 16.5 Å². The molecule has 0 atom stereocenters. The Hall–Kier alpha value is -3.08. The molecule has 0 radical (unpaired) electrons. The van der Waals surface area contributed by atoms with Gasteiger partial charge in [0.05, 0.1) is 6.20 Å². The summed E-state index contributed by atoms with van der Waals surface area (Å²) in [6, 6.07) is 0. The number of rotatable bonds is 1. The van der Waals surface area contributed by atoms with Crippen LogP contribution in [0.5, 0.6) is 0 Å². The summed E-state index contributed by atoms with van der Waals surface area (Å²) in [7, 11) is 0. The molecule has 0 amide bonds. The number of anilines is 2. The van der Waals surface area contributed by atoms with Crippen LogP contribution in [0.1, 0.15) is 0 Å². The Morgan fingerprint density at radius 2 is 1.86 bits per heavy atom. The van der Waals surface area contributed by atoms with Gasteiger partial charge in [-0.25, -0.2) is 29.3 Å². The summed E-state index contributed by atoms with van der Waals surface area (Å²) in [5.74, 6) is 0.357. The van der Waals surface area contributed by atoms with Gasteiger partial charge in [0.15, 0.2) is 15.9 Å². The van der Waals surface area contributed by atoms with E-state index in [9.17, 15) is 0 Å². The third kappa shape index (κ3) is 1.64. The molecular weight excluding hydrogens is 292 g/mol. The number of hydrogen-bond acceptors (Lipinski definition) is 8. The number of hydrogen-bond donors (Lipinski definition) is 3. The highest BCUT2D eigenvalue weighted by molar-refractivity contribution is 7.71. The van der Waals surface area contributed by atoms with E-state index in [-0.39, 0.29) is 11.9 Å². The number of aromatic nitrogens is 8. The largest absolute Gasteiger partial charge is 0.369 e. The summed E-state index contributed by atoms with van der Waals surface area (Å²) < 4.78 is 3.65. The van der Waals surface area contributed by atoms with Crippen molar-refractivity contribution in [3.8, 4) is 0 Å². The van der Waals surface area contributed by atoms with Crippen molar-refractivity contribution in [3.63, 3.8) is 0 Å². The molecule has 0 bridgehead atoms. The maximum absolute atomic E-state index is 5.70. The quantitative estimate of drug-likeness (QED) is 0.420. The maximum Gasteiger partial charge on any atom is 0.222 e. The number of nitrogens with zero attached hydrogens (tertiary/aromatic N) is 7. The molecule has 4 aromatic heterocycles. The highest BCUT2D eigenvalue weighted by Crippen LogP contribution is 2.16. The molecule has 5 N–H and O–H groups in total. The molecule has 21 heavy (non-hydrogen) atoms. The second-order valence-corrected chi connectivity index (χ2v) is 4.63. The topological polar surface area (TPSA) is 142 Å². The van der Waals surface area contributed by atoms with E-state index >= 15 is 0 Å². The molecule has 4 aromatic rings. The van der Waals surface area contributed by atoms with E-state index in [1.165, 1.54) is 0 Å². The SMILES string of the molecule is Nc1ncc2ncn(-n3cnc4c(=S)nc(N)[nH]c43)c2n1. The standard InChI is InChI=1S/C10H8N10S/c11-9-13-1-4-6(16-9)19(2-14-4)20-3-15-5-7(20)17-10(12)18-8(5)21/h1-3H,(H2,11,13,16)(H3,12,17,18,21). The molecule has 0 fully saturated rings. The minimum Gasteiger partial charge on any atom is -0.369 e. The Labute approximate surface area is 121 Å². The zero-order valence-electron chi connectivity index (χ0n) is 10.4. The second kappa shape index (κ2) is 3.96. The molecule has 0 saturated carbocycles. The number of nitrogens with one attached hydrogen (secondary N) is 1. The Morgan fingerprint density at radius 3 is 2.71 bits per heavy atom. The van der Waals surface area contributed by atoms with Gasteiger partial charge in [0, 0.05) is 0 Å². The van der Waals surface area contributed by atoms with Crippen LogP contribution in [0.2, 0.25) is 0 Å². The molecule has 10 nitrogen and oxygen atoms in total. The first kappa shape index (κ1) is 11.7. The zero-order chi connectivity index (χ0) is 14.6. The molecule has 0 aliphatic rings. The van der Waals surface area contributed by atoms with E-state index in [4.69, 9.17) is 23.7 Å². The summed E-state index contributed by atoms with van der Waals surface area (Å²) in [4.78, 5) is 23.4. The summed E-state index contributed by atoms with van der Waals surface area (Å²) in [6.07, 6.45) is 4.69. The van der Waals surface area contributed by atoms with Crippen LogP contribution in [0.25, 0.3) is 22.3 Å². The Kier molecular flexibility index (Phi) is 2.21. The number of imidazole rings is 2. The first-order valence-electron chi connectivity index (χ1n) is 5.82. The van der Waals surface area contributed by atoms with Gasteiger partial charge in [-0.1, -0.05) is 12.2 Å². The molecule has 4 rings (SSSR count). The van der Waals surface area contributed by atoms with Crippen LogP contribution in [0.15, 0.2) is 18.9 Å². The normalized spacial score (nSPS) is 11.4. The molecule has 104 valence electrons. The molecule has 0 aromatic carbocycles. The lowest BCUT2D eigenvalue weighted by molar-refractivity contribution is 0.688. The van der Waals surface area contributed by atoms with E-state index in [2.05, 4.69) is 29.9 Å². The fourth-order valence-electron chi connectivity index (χ4n) is 2.06. The van der Waals surface area contributed by atoms with Gasteiger partial charge in [0.2, 0.25) is 11.9 Å². The smallest absolute Gasteiger partial charge is 0.222 e. The molecule has 4 heterocycles. The minimum atomic E-state index is 0.155. The second-order valence-electron chi connectivity index (χ2n) is 4.24. The van der Waals surface area contributed by atoms with E-state index < -0.39 is 0 Å². The van der Waals surface area contributed by atoms with E-state index in [0.29, 0.717) is 27.0 Å². The predicted octanol–water partition coefficient (Wildman–Crippen LogP) is 0.104. The number of H-pyrrole nitrogens is 1. The van der Waals surface area contributed by atoms with Crippen LogP contribution in [-0.2, 0) is 0 Å². The van der Waals surface area contributed by atoms with Gasteiger partial charge in [-0.15, -0.1) is 0 Å². The average molecular weight is 300 g/mol. The summed E-state index contributed by atoms with van der Waals surface area (Å²) in [5, 5.41) is 0. The number of aromatic amines is 1. The number of nitrogen functional groups attached to an aromatic ring is 2. The van der Waals surface area contributed by atoms with Crippen LogP contribution in [0, 0.1) is 4.64 Å². The first-order chi connectivity index (χ1) is 10.1. The van der Waals surface area contributed by atoms with Crippen molar-refractivity contribution in [1.82, 2.24) is 39.3 Å². The van der Waals surface area contributed by atoms with E-state index in [1.807, 2.05) is 0 Å². The first-order valence-corrected chi connectivity index (χ1v) is 6.23. The molecule has 11 heteroatoms. The highest BCUT2D eigenvalue weighted by atomic mass is 32.1. The average Bonchev–Trinajstić information content (AvgIpc) is 3.01. The zero-order valence-corrected chi connectivity index (χ0v) is 11.2. The van der Waals surface area contributed by atoms with Gasteiger partial charge in [-0.3, -0.25) is 0 Å². The van der Waals surface area contributed by atoms with Crippen LogP contribution in [0.4, 0.5) is 11.9 Å². The fourth-order valence-corrected chi connectivity index (χ4v) is 2.30. The van der Waals surface area contributed by atoms with Gasteiger partial charge in [-0.2, -0.15) is 4.98 Å². The molecular formula is C10H8N10S. The van der Waals surface area contributed by atoms with Crippen molar-refractivity contribution in [2.75, 3.05) is 11.5 Å². The molecule has 0 unspecified atom stereocenters. The summed E-state index contributed by atoms with van der Waals surface area (Å²) in [5.41, 5.74) is 13.6. The highest BCUT2D eigenvalue weighted by Gasteiger charge is 2.12. The minimum absolute atomic E-state index is 0.155. The number of fused-ring (bicyclic) bond motifs is 2. The van der Waals surface area contributed by atoms with Crippen molar-refractivity contribution in [2.45, 2.75) is 0 Å². The monoisotopic (exact) mass is 300 g/mol. The summed E-state index contributed by atoms with van der Waals surface area (Å²) >= 11 is 5.14. The van der Waals surface area contributed by atoms with Crippen LogP contribution in [-0.4, -0.2) is 39.3 Å². The van der Waals surface area contributed by atoms with Crippen LogP contribution >= 0.6 is 12.2 Å². The molecule has 0 aliphatic carbocycles. The lowest BCUT2D eigenvalue weighted by Crippen LogP contribution is -2.09. The van der Waals surface area contributed by atoms with Gasteiger partial charge in [0.25, 0.3) is 0 Å². The van der Waals surface area contributed by atoms with E-state index in [1.54, 1.807) is 28.2 Å². The Bertz CT molecular complexity index is 1040. The molecule has 0 aliphatic heterocycles. The lowest BCUT2D eigenvalue weighted by Gasteiger charge is -2.06. The summed E-state index contributed by atoms with van der Waals surface area (Å²) in [6.45, 7) is 0. The Balaban J connectivity index is 2.09. The lowest BCUT2D eigenvalue weighted by atomic mass is 10.5.